The van der Waals surface area contributed by atoms with Crippen LogP contribution in [0.3, 0.4) is 0 Å². The van der Waals surface area contributed by atoms with Gasteiger partial charge in [0.1, 0.15) is 0 Å². The van der Waals surface area contributed by atoms with Crippen LogP contribution in [0, 0.1) is 0 Å². The lowest BCUT2D eigenvalue weighted by molar-refractivity contribution is 0.211. The summed E-state index contributed by atoms with van der Waals surface area (Å²) in [7, 11) is 0. The summed E-state index contributed by atoms with van der Waals surface area (Å²) in [4.78, 5) is 7.03. The van der Waals surface area contributed by atoms with E-state index in [4.69, 9.17) is 0 Å². The fourth-order valence-electron chi connectivity index (χ4n) is 2.79. The normalized spacial score (nSPS) is 19.4. The fraction of sp³-hybridized carbons (Fsp3) is 0.438. The minimum absolute atomic E-state index is 0.528. The maximum absolute atomic E-state index is 4.50. The highest BCUT2D eigenvalue weighted by Gasteiger charge is 2.21. The third-order valence-electron chi connectivity index (χ3n) is 3.91. The van der Waals surface area contributed by atoms with Crippen molar-refractivity contribution in [2.45, 2.75) is 39.9 Å². The Morgan fingerprint density at radius 1 is 1.42 bits per heavy atom. The lowest BCUT2D eigenvalue weighted by Crippen LogP contribution is -2.34. The van der Waals surface area contributed by atoms with Gasteiger partial charge >= 0.3 is 0 Å². The Morgan fingerprint density at radius 3 is 3.05 bits per heavy atom. The molecule has 2 heterocycles. The Balaban J connectivity index is 1.98. The van der Waals surface area contributed by atoms with Crippen molar-refractivity contribution in [3.63, 3.8) is 0 Å². The van der Waals surface area contributed by atoms with Crippen LogP contribution in [0.5, 0.6) is 0 Å². The summed E-state index contributed by atoms with van der Waals surface area (Å²) >= 11 is 0. The quantitative estimate of drug-likeness (QED) is 0.768. The van der Waals surface area contributed by atoms with E-state index in [2.05, 4.69) is 59.5 Å². The number of benzene rings is 1. The van der Waals surface area contributed by atoms with Crippen molar-refractivity contribution in [1.29, 1.82) is 0 Å². The maximum Gasteiger partial charge on any atom is 0.0958 e. The number of hydrogen-bond acceptors (Lipinski definition) is 2. The van der Waals surface area contributed by atoms with Gasteiger partial charge in [0.15, 0.2) is 0 Å². The molecule has 0 amide bonds. The van der Waals surface area contributed by atoms with Crippen LogP contribution in [0.25, 0.3) is 11.0 Å². The number of aromatic nitrogens is 2. The second kappa shape index (κ2) is 4.82. The molecule has 1 aliphatic rings. The molecule has 3 heteroatoms. The molecule has 0 aliphatic carbocycles. The first kappa shape index (κ1) is 12.4. The summed E-state index contributed by atoms with van der Waals surface area (Å²) in [5.41, 5.74) is 5.21. The van der Waals surface area contributed by atoms with Crippen molar-refractivity contribution in [3.8, 4) is 0 Å². The average molecular weight is 255 g/mol. The Hall–Kier alpha value is -1.61. The zero-order valence-electron chi connectivity index (χ0n) is 11.9. The van der Waals surface area contributed by atoms with Crippen LogP contribution in [-0.2, 0) is 13.1 Å². The van der Waals surface area contributed by atoms with Crippen LogP contribution < -0.4 is 0 Å². The zero-order chi connectivity index (χ0) is 13.4. The molecule has 0 N–H and O–H groups in total. The minimum Gasteiger partial charge on any atom is -0.329 e. The smallest absolute Gasteiger partial charge is 0.0958 e. The highest BCUT2D eigenvalue weighted by molar-refractivity contribution is 5.79. The van der Waals surface area contributed by atoms with Gasteiger partial charge in [-0.15, -0.1) is 0 Å². The molecule has 19 heavy (non-hydrogen) atoms. The molecule has 1 aliphatic heterocycles. The number of allylic oxidation sites excluding steroid dienone is 1. The SMILES string of the molecule is CC(C)=CCN1Cc2cccc3ncn(c23)C[C@@H]1C. The Kier molecular flexibility index (Phi) is 3.15. The first-order valence-electron chi connectivity index (χ1n) is 6.95. The van der Waals surface area contributed by atoms with Gasteiger partial charge in [0.2, 0.25) is 0 Å². The molecule has 100 valence electrons. The second-order valence-electron chi connectivity index (χ2n) is 5.74. The summed E-state index contributed by atoms with van der Waals surface area (Å²) in [6, 6.07) is 6.98. The molecule has 0 saturated heterocycles. The average Bonchev–Trinajstić information content (AvgIpc) is 2.71. The van der Waals surface area contributed by atoms with Crippen LogP contribution in [0.4, 0.5) is 0 Å². The lowest BCUT2D eigenvalue weighted by atomic mass is 10.1. The van der Waals surface area contributed by atoms with Gasteiger partial charge in [0.05, 0.1) is 17.4 Å². The highest BCUT2D eigenvalue weighted by Crippen LogP contribution is 2.24. The van der Waals surface area contributed by atoms with E-state index in [1.165, 1.54) is 16.7 Å². The molecule has 0 radical (unpaired) electrons. The molecule has 0 fully saturated rings. The third-order valence-corrected chi connectivity index (χ3v) is 3.91. The monoisotopic (exact) mass is 255 g/mol. The summed E-state index contributed by atoms with van der Waals surface area (Å²) in [5, 5.41) is 0. The molecular formula is C16H21N3. The Labute approximate surface area is 114 Å². The topological polar surface area (TPSA) is 21.1 Å². The van der Waals surface area contributed by atoms with Crippen LogP contribution in [-0.4, -0.2) is 27.0 Å². The predicted octanol–water partition coefficient (Wildman–Crippen LogP) is 3.21. The largest absolute Gasteiger partial charge is 0.329 e. The molecule has 0 spiro atoms. The molecule has 0 saturated carbocycles. The van der Waals surface area contributed by atoms with Crippen molar-refractivity contribution >= 4 is 11.0 Å². The van der Waals surface area contributed by atoms with Crippen LogP contribution >= 0.6 is 0 Å². The summed E-state index contributed by atoms with van der Waals surface area (Å²) < 4.78 is 2.30. The van der Waals surface area contributed by atoms with Gasteiger partial charge in [-0.25, -0.2) is 4.98 Å². The Morgan fingerprint density at radius 2 is 2.26 bits per heavy atom. The van der Waals surface area contributed by atoms with Gasteiger partial charge in [0, 0.05) is 25.7 Å². The predicted molar refractivity (Wildman–Crippen MR) is 79.0 cm³/mol. The van der Waals surface area contributed by atoms with Crippen molar-refractivity contribution in [1.82, 2.24) is 14.5 Å². The van der Waals surface area contributed by atoms with Crippen LogP contribution in [0.15, 0.2) is 36.2 Å². The standard InChI is InChI=1S/C16H21N3/c1-12(2)7-8-18-10-14-5-4-6-15-16(14)19(11-17-15)9-13(18)3/h4-7,11,13H,8-10H2,1-3H3/t13-/m0/s1. The molecule has 3 rings (SSSR count). The lowest BCUT2D eigenvalue weighted by Gasteiger charge is -2.26. The molecule has 3 nitrogen and oxygen atoms in total. The van der Waals surface area contributed by atoms with Crippen molar-refractivity contribution in [3.05, 3.63) is 41.7 Å². The van der Waals surface area contributed by atoms with Crippen LogP contribution in [0.2, 0.25) is 0 Å². The van der Waals surface area contributed by atoms with Crippen molar-refractivity contribution in [2.75, 3.05) is 6.54 Å². The maximum atomic E-state index is 4.50. The zero-order valence-corrected chi connectivity index (χ0v) is 11.9. The minimum atomic E-state index is 0.528. The number of nitrogens with zero attached hydrogens (tertiary/aromatic N) is 3. The van der Waals surface area contributed by atoms with Gasteiger partial charge in [-0.05, 0) is 32.4 Å². The van der Waals surface area contributed by atoms with E-state index < -0.39 is 0 Å². The van der Waals surface area contributed by atoms with Crippen molar-refractivity contribution < 1.29 is 0 Å². The number of imidazole rings is 1. The first-order chi connectivity index (χ1) is 9.15. The van der Waals surface area contributed by atoms with Gasteiger partial charge in [-0.1, -0.05) is 23.8 Å². The van der Waals surface area contributed by atoms with E-state index in [1.54, 1.807) is 0 Å². The molecule has 2 aromatic rings. The van der Waals surface area contributed by atoms with E-state index in [0.29, 0.717) is 6.04 Å². The Bertz CT molecular complexity index is 620. The van der Waals surface area contributed by atoms with E-state index >= 15 is 0 Å². The van der Waals surface area contributed by atoms with E-state index in [-0.39, 0.29) is 0 Å². The summed E-state index contributed by atoms with van der Waals surface area (Å²) in [6.07, 6.45) is 4.30. The number of para-hydroxylation sites is 1. The van der Waals surface area contributed by atoms with Gasteiger partial charge < -0.3 is 4.57 Å². The third kappa shape index (κ3) is 2.30. The number of rotatable bonds is 2. The molecule has 1 aromatic carbocycles. The van der Waals surface area contributed by atoms with Gasteiger partial charge in [0.25, 0.3) is 0 Å². The highest BCUT2D eigenvalue weighted by atomic mass is 15.2. The molecule has 1 aromatic heterocycles. The molecule has 1 atom stereocenters. The summed E-state index contributed by atoms with van der Waals surface area (Å²) in [5.74, 6) is 0. The summed E-state index contributed by atoms with van der Waals surface area (Å²) in [6.45, 7) is 9.68. The van der Waals surface area contributed by atoms with Gasteiger partial charge in [-0.3, -0.25) is 4.90 Å². The second-order valence-corrected chi connectivity index (χ2v) is 5.74. The molecule has 0 unspecified atom stereocenters. The molecular weight excluding hydrogens is 234 g/mol. The van der Waals surface area contributed by atoms with Crippen LogP contribution in [0.1, 0.15) is 26.3 Å². The van der Waals surface area contributed by atoms with Gasteiger partial charge in [-0.2, -0.15) is 0 Å². The van der Waals surface area contributed by atoms with E-state index in [9.17, 15) is 0 Å². The van der Waals surface area contributed by atoms with E-state index in [1.807, 2.05) is 6.33 Å². The van der Waals surface area contributed by atoms with E-state index in [0.717, 1.165) is 25.2 Å². The fourth-order valence-corrected chi connectivity index (χ4v) is 2.79. The molecule has 0 bridgehead atoms. The van der Waals surface area contributed by atoms with Crippen molar-refractivity contribution in [2.24, 2.45) is 0 Å². The first-order valence-corrected chi connectivity index (χ1v) is 6.95. The number of hydrogen-bond donors (Lipinski definition) is 0.